The van der Waals surface area contributed by atoms with Gasteiger partial charge in [0.15, 0.2) is 0 Å². The van der Waals surface area contributed by atoms with Gasteiger partial charge in [-0.3, -0.25) is 0 Å². The van der Waals surface area contributed by atoms with Crippen molar-refractivity contribution in [1.82, 2.24) is 4.90 Å². The van der Waals surface area contributed by atoms with Crippen LogP contribution in [0.3, 0.4) is 0 Å². The van der Waals surface area contributed by atoms with E-state index in [2.05, 4.69) is 17.1 Å². The molecule has 0 bridgehead atoms. The highest BCUT2D eigenvalue weighted by molar-refractivity contribution is 7.98. The van der Waals surface area contributed by atoms with Crippen molar-refractivity contribution in [2.24, 2.45) is 5.16 Å². The van der Waals surface area contributed by atoms with Crippen LogP contribution in [0.2, 0.25) is 0 Å². The lowest BCUT2D eigenvalue weighted by Crippen LogP contribution is -2.51. The molecule has 0 aliphatic rings. The summed E-state index contributed by atoms with van der Waals surface area (Å²) in [5.41, 5.74) is 1.43. The highest BCUT2D eigenvalue weighted by Gasteiger charge is 2.36. The molecular formula is C19H25N3O6S. The monoisotopic (exact) mass is 423 g/mol. The fourth-order valence-electron chi connectivity index (χ4n) is 2.31. The molecule has 0 saturated heterocycles. The SMILES string of the molecule is C=CCOC(=O)N(C(=O)Nc1ccc(C(C)=NO)cc1)C(CCSC)C(=O)OC. The van der Waals surface area contributed by atoms with Crippen LogP contribution in [0.25, 0.3) is 0 Å². The Balaban J connectivity index is 3.12. The number of hydrogen-bond acceptors (Lipinski definition) is 8. The van der Waals surface area contributed by atoms with Crippen LogP contribution < -0.4 is 5.32 Å². The molecule has 0 aromatic heterocycles. The molecule has 0 fully saturated rings. The summed E-state index contributed by atoms with van der Waals surface area (Å²) in [6, 6.07) is 4.44. The Bertz CT molecular complexity index is 751. The molecule has 2 N–H and O–H groups in total. The fraction of sp³-hybridized carbons (Fsp3) is 0.368. The van der Waals surface area contributed by atoms with E-state index in [1.807, 2.05) is 6.26 Å². The molecule has 0 radical (unpaired) electrons. The van der Waals surface area contributed by atoms with Gasteiger partial charge in [-0.2, -0.15) is 11.8 Å². The van der Waals surface area contributed by atoms with E-state index < -0.39 is 24.1 Å². The molecule has 1 atom stereocenters. The van der Waals surface area contributed by atoms with Crippen molar-refractivity contribution in [2.75, 3.05) is 31.0 Å². The van der Waals surface area contributed by atoms with Crippen LogP contribution in [0.1, 0.15) is 18.9 Å². The second-order valence-corrected chi connectivity index (χ2v) is 6.73. The maximum absolute atomic E-state index is 12.8. The first-order valence-electron chi connectivity index (χ1n) is 8.63. The number of anilines is 1. The Hall–Kier alpha value is -3.01. The molecule has 3 amide bonds. The molecular weight excluding hydrogens is 398 g/mol. The Morgan fingerprint density at radius 2 is 2.00 bits per heavy atom. The maximum atomic E-state index is 12.8. The highest BCUT2D eigenvalue weighted by atomic mass is 32.2. The first-order valence-corrected chi connectivity index (χ1v) is 10.0. The van der Waals surface area contributed by atoms with Gasteiger partial charge in [0, 0.05) is 5.69 Å². The van der Waals surface area contributed by atoms with E-state index in [0.717, 1.165) is 0 Å². The van der Waals surface area contributed by atoms with E-state index in [9.17, 15) is 14.4 Å². The molecule has 0 heterocycles. The minimum absolute atomic E-state index is 0.118. The molecule has 0 aliphatic heterocycles. The second-order valence-electron chi connectivity index (χ2n) is 5.75. The summed E-state index contributed by atoms with van der Waals surface area (Å²) in [7, 11) is 1.18. The van der Waals surface area contributed by atoms with Gasteiger partial charge in [0.1, 0.15) is 12.6 Å². The first-order chi connectivity index (χ1) is 13.9. The van der Waals surface area contributed by atoms with Gasteiger partial charge < -0.3 is 20.0 Å². The smallest absolute Gasteiger partial charge is 0.419 e. The molecule has 9 nitrogen and oxygen atoms in total. The van der Waals surface area contributed by atoms with E-state index in [1.165, 1.54) is 24.9 Å². The van der Waals surface area contributed by atoms with Crippen LogP contribution in [0.4, 0.5) is 15.3 Å². The van der Waals surface area contributed by atoms with E-state index >= 15 is 0 Å². The molecule has 0 aliphatic carbocycles. The molecule has 10 heteroatoms. The van der Waals surface area contributed by atoms with Crippen molar-refractivity contribution in [2.45, 2.75) is 19.4 Å². The normalized spacial score (nSPS) is 11.9. The van der Waals surface area contributed by atoms with Crippen LogP contribution in [-0.4, -0.2) is 65.7 Å². The predicted octanol–water partition coefficient (Wildman–Crippen LogP) is 3.34. The summed E-state index contributed by atoms with van der Waals surface area (Å²) >= 11 is 1.46. The first kappa shape index (κ1) is 24.0. The summed E-state index contributed by atoms with van der Waals surface area (Å²) in [5, 5.41) is 14.5. The van der Waals surface area contributed by atoms with Gasteiger partial charge in [-0.25, -0.2) is 19.3 Å². The van der Waals surface area contributed by atoms with Crippen molar-refractivity contribution in [3.8, 4) is 0 Å². The Morgan fingerprint density at radius 3 is 2.52 bits per heavy atom. The summed E-state index contributed by atoms with van der Waals surface area (Å²) < 4.78 is 9.75. The van der Waals surface area contributed by atoms with E-state index in [-0.39, 0.29) is 13.0 Å². The molecule has 1 rings (SSSR count). The molecule has 0 saturated carbocycles. The molecule has 1 aromatic carbocycles. The van der Waals surface area contributed by atoms with Gasteiger partial charge in [0.2, 0.25) is 0 Å². The van der Waals surface area contributed by atoms with Crippen molar-refractivity contribution >= 4 is 41.3 Å². The summed E-state index contributed by atoms with van der Waals surface area (Å²) in [6.07, 6.45) is 2.41. The number of urea groups is 1. The summed E-state index contributed by atoms with van der Waals surface area (Å²) in [5.74, 6) is -0.206. The van der Waals surface area contributed by atoms with E-state index in [4.69, 9.17) is 14.7 Å². The van der Waals surface area contributed by atoms with Gasteiger partial charge >= 0.3 is 18.1 Å². The van der Waals surface area contributed by atoms with Gasteiger partial charge in [-0.15, -0.1) is 0 Å². The van der Waals surface area contributed by atoms with Gasteiger partial charge in [-0.05, 0) is 43.0 Å². The zero-order valence-electron chi connectivity index (χ0n) is 16.6. The number of ether oxygens (including phenoxy) is 2. The molecule has 158 valence electrons. The van der Waals surface area contributed by atoms with Crippen LogP contribution in [-0.2, 0) is 14.3 Å². The number of oxime groups is 1. The lowest BCUT2D eigenvalue weighted by Gasteiger charge is -2.27. The number of methoxy groups -OCH3 is 1. The number of benzene rings is 1. The third-order valence-corrected chi connectivity index (χ3v) is 4.47. The predicted molar refractivity (Wildman–Crippen MR) is 112 cm³/mol. The zero-order chi connectivity index (χ0) is 21.8. The Morgan fingerprint density at radius 1 is 1.34 bits per heavy atom. The second kappa shape index (κ2) is 12.4. The average Bonchev–Trinajstić information content (AvgIpc) is 2.74. The molecule has 0 spiro atoms. The minimum atomic E-state index is -1.15. The number of thioether (sulfide) groups is 1. The summed E-state index contributed by atoms with van der Waals surface area (Å²) in [4.78, 5) is 38.2. The van der Waals surface area contributed by atoms with Gasteiger partial charge in [-0.1, -0.05) is 29.9 Å². The Labute approximate surface area is 173 Å². The molecule has 1 aromatic rings. The highest BCUT2D eigenvalue weighted by Crippen LogP contribution is 2.16. The molecule has 1 unspecified atom stereocenters. The van der Waals surface area contributed by atoms with Crippen LogP contribution in [0.15, 0.2) is 42.1 Å². The number of esters is 1. The largest absolute Gasteiger partial charge is 0.467 e. The average molecular weight is 423 g/mol. The lowest BCUT2D eigenvalue weighted by molar-refractivity contribution is -0.145. The zero-order valence-corrected chi connectivity index (χ0v) is 17.4. The number of amides is 3. The van der Waals surface area contributed by atoms with Crippen LogP contribution >= 0.6 is 11.8 Å². The van der Waals surface area contributed by atoms with Crippen molar-refractivity contribution in [3.63, 3.8) is 0 Å². The van der Waals surface area contributed by atoms with Gasteiger partial charge in [0.25, 0.3) is 0 Å². The summed E-state index contributed by atoms with van der Waals surface area (Å²) in [6.45, 7) is 4.97. The van der Waals surface area contributed by atoms with Crippen molar-refractivity contribution in [3.05, 3.63) is 42.5 Å². The standard InChI is InChI=1S/C19H25N3O6S/c1-5-11-28-19(25)22(16(10-12-29-4)17(23)27-3)18(24)20-15-8-6-14(7-9-15)13(2)21-26/h5-9,16,26H,1,10-12H2,2-4H3,(H,20,24). The van der Waals surface area contributed by atoms with Crippen molar-refractivity contribution < 1.29 is 29.1 Å². The third-order valence-electron chi connectivity index (χ3n) is 3.82. The Kier molecular flexibility index (Phi) is 10.3. The van der Waals surface area contributed by atoms with Crippen LogP contribution in [0.5, 0.6) is 0 Å². The van der Waals surface area contributed by atoms with Crippen molar-refractivity contribution in [1.29, 1.82) is 0 Å². The van der Waals surface area contributed by atoms with E-state index in [1.54, 1.807) is 31.2 Å². The number of rotatable bonds is 9. The fourth-order valence-corrected chi connectivity index (χ4v) is 2.76. The van der Waals surface area contributed by atoms with E-state index in [0.29, 0.717) is 27.6 Å². The number of nitrogens with one attached hydrogen (secondary N) is 1. The van der Waals surface area contributed by atoms with Gasteiger partial charge in [0.05, 0.1) is 12.8 Å². The number of imide groups is 1. The number of carbonyl (C=O) groups excluding carboxylic acids is 3. The quantitative estimate of drug-likeness (QED) is 0.206. The topological polar surface area (TPSA) is 118 Å². The minimum Gasteiger partial charge on any atom is -0.467 e. The number of hydrogen-bond donors (Lipinski definition) is 2. The molecule has 29 heavy (non-hydrogen) atoms. The number of nitrogens with zero attached hydrogens (tertiary/aromatic N) is 2. The lowest BCUT2D eigenvalue weighted by atomic mass is 10.1. The number of carbonyl (C=O) groups is 3. The third kappa shape index (κ3) is 7.15. The van der Waals surface area contributed by atoms with Crippen LogP contribution in [0, 0.1) is 0 Å². The maximum Gasteiger partial charge on any atom is 0.419 e.